The molecule has 0 heterocycles. The number of nitrogens with zero attached hydrogens (tertiary/aromatic N) is 1. The van der Waals surface area contributed by atoms with Gasteiger partial charge in [-0.1, -0.05) is 5.16 Å². The quantitative estimate of drug-likeness (QED) is 0.354. The van der Waals surface area contributed by atoms with Crippen LogP contribution >= 0.6 is 0 Å². The molecule has 0 amide bonds. The molecule has 0 aromatic carbocycles. The number of oxime groups is 1. The standard InChI is InChI=1S/C7H14N2O3/c1-5(2)9-12-4-3-6(8)7(10)11/h6H,3-4,8H2,1-2H3,(H,10,11). The Morgan fingerprint density at radius 1 is 1.67 bits per heavy atom. The first-order valence-corrected chi connectivity index (χ1v) is 3.65. The fourth-order valence-corrected chi connectivity index (χ4v) is 0.478. The predicted molar refractivity (Wildman–Crippen MR) is 45.0 cm³/mol. The fraction of sp³-hybridized carbons (Fsp3) is 0.714. The maximum atomic E-state index is 10.2. The first-order chi connectivity index (χ1) is 5.54. The van der Waals surface area contributed by atoms with Gasteiger partial charge in [-0.3, -0.25) is 4.79 Å². The minimum atomic E-state index is -1.02. The van der Waals surface area contributed by atoms with Gasteiger partial charge in [0.05, 0.1) is 5.71 Å². The van der Waals surface area contributed by atoms with Crippen LogP contribution in [0.15, 0.2) is 5.16 Å². The topological polar surface area (TPSA) is 84.9 Å². The van der Waals surface area contributed by atoms with Gasteiger partial charge in [0.15, 0.2) is 0 Å². The molecule has 1 unspecified atom stereocenters. The van der Waals surface area contributed by atoms with Gasteiger partial charge >= 0.3 is 5.97 Å². The van der Waals surface area contributed by atoms with Gasteiger partial charge in [-0.05, 0) is 13.8 Å². The number of carboxylic acid groups (broad SMARTS) is 1. The SMILES string of the molecule is CC(C)=NOCCC(N)C(=O)O. The van der Waals surface area contributed by atoms with Crippen molar-refractivity contribution in [3.63, 3.8) is 0 Å². The first kappa shape index (κ1) is 10.9. The van der Waals surface area contributed by atoms with Gasteiger partial charge in [-0.2, -0.15) is 0 Å². The molecule has 5 heteroatoms. The van der Waals surface area contributed by atoms with Crippen LogP contribution in [0, 0.1) is 0 Å². The smallest absolute Gasteiger partial charge is 0.320 e. The lowest BCUT2D eigenvalue weighted by Crippen LogP contribution is -2.31. The van der Waals surface area contributed by atoms with E-state index in [0.29, 0.717) is 0 Å². The molecule has 0 aliphatic heterocycles. The van der Waals surface area contributed by atoms with Crippen molar-refractivity contribution in [3.05, 3.63) is 0 Å². The van der Waals surface area contributed by atoms with Gasteiger partial charge in [-0.15, -0.1) is 0 Å². The summed E-state index contributed by atoms with van der Waals surface area (Å²) in [5.41, 5.74) is 6.00. The highest BCUT2D eigenvalue weighted by Crippen LogP contribution is 1.90. The molecule has 0 saturated carbocycles. The van der Waals surface area contributed by atoms with Crippen molar-refractivity contribution in [3.8, 4) is 0 Å². The highest BCUT2D eigenvalue weighted by molar-refractivity contribution is 5.78. The summed E-state index contributed by atoms with van der Waals surface area (Å²) in [6.07, 6.45) is 0.270. The number of aliphatic carboxylic acids is 1. The predicted octanol–water partition coefficient (Wildman–Crippen LogP) is 0.201. The lowest BCUT2D eigenvalue weighted by molar-refractivity contribution is -0.139. The Bertz CT molecular complexity index is 175. The summed E-state index contributed by atoms with van der Waals surface area (Å²) in [6, 6.07) is -0.864. The second kappa shape index (κ2) is 5.54. The van der Waals surface area contributed by atoms with E-state index in [4.69, 9.17) is 15.7 Å². The lowest BCUT2D eigenvalue weighted by atomic mass is 10.2. The summed E-state index contributed by atoms with van der Waals surface area (Å²) in [4.78, 5) is 15.0. The molecule has 1 atom stereocenters. The van der Waals surface area contributed by atoms with Crippen LogP contribution in [0.3, 0.4) is 0 Å². The number of nitrogens with two attached hydrogens (primary N) is 1. The highest BCUT2D eigenvalue weighted by atomic mass is 16.6. The minimum absolute atomic E-state index is 0.235. The van der Waals surface area contributed by atoms with Crippen LogP contribution in [0.4, 0.5) is 0 Å². The van der Waals surface area contributed by atoms with Crippen molar-refractivity contribution < 1.29 is 14.7 Å². The number of hydrogen-bond acceptors (Lipinski definition) is 4. The third-order valence-electron chi connectivity index (χ3n) is 1.08. The average Bonchev–Trinajstić information content (AvgIpc) is 1.97. The zero-order valence-corrected chi connectivity index (χ0v) is 7.28. The van der Waals surface area contributed by atoms with Crippen molar-refractivity contribution in [1.82, 2.24) is 0 Å². The maximum absolute atomic E-state index is 10.2. The van der Waals surface area contributed by atoms with Crippen LogP contribution in [0.25, 0.3) is 0 Å². The van der Waals surface area contributed by atoms with E-state index < -0.39 is 12.0 Å². The van der Waals surface area contributed by atoms with Crippen LogP contribution in [0.5, 0.6) is 0 Å². The van der Waals surface area contributed by atoms with Crippen molar-refractivity contribution in [2.24, 2.45) is 10.9 Å². The Balaban J connectivity index is 3.44. The van der Waals surface area contributed by atoms with Gasteiger partial charge in [-0.25, -0.2) is 0 Å². The second-order valence-corrected chi connectivity index (χ2v) is 2.61. The molecule has 3 N–H and O–H groups in total. The molecule has 0 fully saturated rings. The normalized spacial score (nSPS) is 11.9. The maximum Gasteiger partial charge on any atom is 0.320 e. The molecule has 0 radical (unpaired) electrons. The van der Waals surface area contributed by atoms with Gasteiger partial charge in [0.2, 0.25) is 0 Å². The van der Waals surface area contributed by atoms with Crippen LogP contribution < -0.4 is 5.73 Å². The van der Waals surface area contributed by atoms with Crippen LogP contribution in [0.1, 0.15) is 20.3 Å². The molecule has 0 bridgehead atoms. The molecule has 0 saturated heterocycles. The largest absolute Gasteiger partial charge is 0.480 e. The third kappa shape index (κ3) is 5.67. The first-order valence-electron chi connectivity index (χ1n) is 3.65. The zero-order chi connectivity index (χ0) is 9.56. The van der Waals surface area contributed by atoms with E-state index >= 15 is 0 Å². The van der Waals surface area contributed by atoms with E-state index in [1.54, 1.807) is 13.8 Å². The molecular formula is C7H14N2O3. The molecule has 12 heavy (non-hydrogen) atoms. The lowest BCUT2D eigenvalue weighted by Gasteiger charge is -2.04. The van der Waals surface area contributed by atoms with Crippen molar-refractivity contribution in [2.75, 3.05) is 6.61 Å². The number of carbonyl (C=O) groups is 1. The Hall–Kier alpha value is -1.10. The van der Waals surface area contributed by atoms with Crippen LogP contribution in [-0.2, 0) is 9.63 Å². The van der Waals surface area contributed by atoms with Gasteiger partial charge in [0.1, 0.15) is 12.6 Å². The summed E-state index contributed by atoms with van der Waals surface area (Å²) < 4.78 is 0. The van der Waals surface area contributed by atoms with Gasteiger partial charge < -0.3 is 15.7 Å². The van der Waals surface area contributed by atoms with Crippen molar-refractivity contribution in [2.45, 2.75) is 26.3 Å². The summed E-state index contributed by atoms with van der Waals surface area (Å²) in [5, 5.41) is 12.0. The Kier molecular flexibility index (Phi) is 5.03. The molecule has 0 aliphatic carbocycles. The van der Waals surface area contributed by atoms with Crippen molar-refractivity contribution >= 4 is 11.7 Å². The summed E-state index contributed by atoms with van der Waals surface area (Å²) in [5.74, 6) is -1.02. The second-order valence-electron chi connectivity index (χ2n) is 2.61. The molecule has 0 aliphatic rings. The van der Waals surface area contributed by atoms with Gasteiger partial charge in [0, 0.05) is 6.42 Å². The minimum Gasteiger partial charge on any atom is -0.480 e. The van der Waals surface area contributed by atoms with Crippen LogP contribution in [-0.4, -0.2) is 29.4 Å². The highest BCUT2D eigenvalue weighted by Gasteiger charge is 2.10. The Morgan fingerprint density at radius 2 is 2.25 bits per heavy atom. The Morgan fingerprint density at radius 3 is 2.67 bits per heavy atom. The third-order valence-corrected chi connectivity index (χ3v) is 1.08. The molecule has 5 nitrogen and oxygen atoms in total. The molecule has 0 spiro atoms. The van der Waals surface area contributed by atoms with E-state index in [0.717, 1.165) is 5.71 Å². The molecule has 70 valence electrons. The summed E-state index contributed by atoms with van der Waals surface area (Å²) >= 11 is 0. The van der Waals surface area contributed by atoms with E-state index in [1.807, 2.05) is 0 Å². The summed E-state index contributed by atoms with van der Waals surface area (Å²) in [7, 11) is 0. The Labute approximate surface area is 71.2 Å². The van der Waals surface area contributed by atoms with E-state index in [2.05, 4.69) is 5.16 Å². The monoisotopic (exact) mass is 174 g/mol. The average molecular weight is 174 g/mol. The van der Waals surface area contributed by atoms with Gasteiger partial charge in [0.25, 0.3) is 0 Å². The van der Waals surface area contributed by atoms with Crippen molar-refractivity contribution in [1.29, 1.82) is 0 Å². The fourth-order valence-electron chi connectivity index (χ4n) is 0.478. The number of rotatable bonds is 5. The number of hydrogen-bond donors (Lipinski definition) is 2. The van der Waals surface area contributed by atoms with E-state index in [-0.39, 0.29) is 13.0 Å². The molecule has 0 rings (SSSR count). The summed E-state index contributed by atoms with van der Waals surface area (Å²) in [6.45, 7) is 3.81. The molecular weight excluding hydrogens is 160 g/mol. The molecule has 0 aromatic rings. The van der Waals surface area contributed by atoms with E-state index in [9.17, 15) is 4.79 Å². The van der Waals surface area contributed by atoms with Crippen LogP contribution in [0.2, 0.25) is 0 Å². The zero-order valence-electron chi connectivity index (χ0n) is 7.28. The molecule has 0 aromatic heterocycles. The number of carboxylic acids is 1. The van der Waals surface area contributed by atoms with E-state index in [1.165, 1.54) is 0 Å².